The van der Waals surface area contributed by atoms with Crippen LogP contribution in [0, 0.1) is 13.8 Å². The van der Waals surface area contributed by atoms with E-state index in [1.54, 1.807) is 11.1 Å². The fourth-order valence-electron chi connectivity index (χ4n) is 4.44. The minimum atomic E-state index is 0.866. The zero-order valence-corrected chi connectivity index (χ0v) is 23.8. The average Bonchev–Trinajstić information content (AvgIpc) is 3.68. The van der Waals surface area contributed by atoms with E-state index in [0.29, 0.717) is 0 Å². The molecule has 1 radical (unpaired) electrons. The predicted octanol–water partition coefficient (Wildman–Crippen LogP) is 8.47. The minimum Gasteiger partial charge on any atom is -0.165 e. The molecule has 157 valence electrons. The molecule has 0 saturated heterocycles. The Hall–Kier alpha value is -1.25. The van der Waals surface area contributed by atoms with E-state index in [1.165, 1.54) is 100 Å². The van der Waals surface area contributed by atoms with E-state index in [4.69, 9.17) is 0 Å². The first-order valence-corrected chi connectivity index (χ1v) is 18.4. The number of hydrogen-bond acceptors (Lipinski definition) is 0. The third kappa shape index (κ3) is 5.96. The first-order valence-electron chi connectivity index (χ1n) is 11.8. The van der Waals surface area contributed by atoms with Crippen LogP contribution in [0.25, 0.3) is 21.5 Å². The van der Waals surface area contributed by atoms with Gasteiger partial charge in [0.2, 0.25) is 0 Å². The standard InChI is InChI=1S/2C13H13.C3H7Si.Hf/c2*1-9-7-11-3-2-4-12(10-5-6-10)13(11)8-9;1-2-3-4;/h2*2-4,7-8,10H,5-6H2,1H3;2-3H2,1H3;/q2*-1;;+2. The largest absolute Gasteiger partial charge is 0.165 e. The molecule has 2 fully saturated rings. The zero-order chi connectivity index (χ0) is 21.8. The summed E-state index contributed by atoms with van der Waals surface area (Å²) in [4.78, 5) is 0. The molecule has 4 aromatic carbocycles. The van der Waals surface area contributed by atoms with Crippen molar-refractivity contribution >= 4 is 27.8 Å². The molecule has 0 spiro atoms. The molecule has 4 aromatic rings. The Kier molecular flexibility index (Phi) is 7.82. The summed E-state index contributed by atoms with van der Waals surface area (Å²) in [7, 11) is 0. The summed E-state index contributed by atoms with van der Waals surface area (Å²) >= 11 is 1.43. The Labute approximate surface area is 203 Å². The van der Waals surface area contributed by atoms with Crippen molar-refractivity contribution in [2.24, 2.45) is 0 Å². The van der Waals surface area contributed by atoms with Gasteiger partial charge in [-0.3, -0.25) is 0 Å². The number of rotatable bonds is 4. The Balaban J connectivity index is 0.000000124. The van der Waals surface area contributed by atoms with Crippen LogP contribution in [0.15, 0.2) is 60.7 Å². The van der Waals surface area contributed by atoms with Gasteiger partial charge in [0.25, 0.3) is 0 Å². The van der Waals surface area contributed by atoms with Gasteiger partial charge >= 0.3 is 48.6 Å². The van der Waals surface area contributed by atoms with Gasteiger partial charge in [-0.05, 0) is 37.5 Å². The van der Waals surface area contributed by atoms with Crippen molar-refractivity contribution in [2.45, 2.75) is 70.8 Å². The van der Waals surface area contributed by atoms with Gasteiger partial charge in [0, 0.05) is 0 Å². The second kappa shape index (κ2) is 10.6. The van der Waals surface area contributed by atoms with Crippen LogP contribution < -0.4 is 0 Å². The van der Waals surface area contributed by atoms with Crippen LogP contribution >= 0.6 is 0 Å². The molecule has 0 unspecified atom stereocenters. The van der Waals surface area contributed by atoms with E-state index in [1.807, 2.05) is 0 Å². The Morgan fingerprint density at radius 3 is 1.58 bits per heavy atom. The van der Waals surface area contributed by atoms with Gasteiger partial charge in [-0.2, -0.15) is 12.1 Å². The van der Waals surface area contributed by atoms with Crippen LogP contribution in [-0.2, 0) is 23.0 Å². The van der Waals surface area contributed by atoms with Crippen LogP contribution in [0.4, 0.5) is 0 Å². The molecular formula is C29H33HfSi. The topological polar surface area (TPSA) is 0 Å². The van der Waals surface area contributed by atoms with Crippen LogP contribution in [0.1, 0.15) is 73.1 Å². The van der Waals surface area contributed by atoms with Crippen molar-refractivity contribution < 1.29 is 23.0 Å². The van der Waals surface area contributed by atoms with Gasteiger partial charge in [0.1, 0.15) is 0 Å². The van der Waals surface area contributed by atoms with E-state index in [2.05, 4.69) is 81.4 Å². The van der Waals surface area contributed by atoms with Crippen molar-refractivity contribution in [3.8, 4) is 0 Å². The van der Waals surface area contributed by atoms with Gasteiger partial charge in [0.05, 0.1) is 0 Å². The number of fused-ring (bicyclic) bond motifs is 2. The summed E-state index contributed by atoms with van der Waals surface area (Å²) in [5, 5.41) is 5.81. The number of benzene rings is 2. The maximum atomic E-state index is 2.32. The predicted molar refractivity (Wildman–Crippen MR) is 133 cm³/mol. The molecule has 0 aliphatic heterocycles. The molecule has 0 nitrogen and oxygen atoms in total. The smallest absolute Gasteiger partial charge is 0.0251 e. The first-order chi connectivity index (χ1) is 15.1. The number of aryl methyl sites for hydroxylation is 2. The summed E-state index contributed by atoms with van der Waals surface area (Å²) < 4.78 is 0. The minimum absolute atomic E-state index is 0.866. The van der Waals surface area contributed by atoms with Crippen molar-refractivity contribution in [3.05, 3.63) is 82.9 Å². The molecule has 6 rings (SSSR count). The van der Waals surface area contributed by atoms with Crippen molar-refractivity contribution in [1.82, 2.24) is 0 Å². The summed E-state index contributed by atoms with van der Waals surface area (Å²) in [5.41, 5.74) is 5.93. The molecule has 0 aromatic heterocycles. The maximum Gasteiger partial charge on any atom is -0.0251 e. The molecule has 0 N–H and O–H groups in total. The molecule has 2 aliphatic carbocycles. The summed E-state index contributed by atoms with van der Waals surface area (Å²) in [6.45, 7) is 6.60. The van der Waals surface area contributed by atoms with E-state index in [0.717, 1.165) is 11.8 Å². The van der Waals surface area contributed by atoms with Gasteiger partial charge < -0.3 is 0 Å². The van der Waals surface area contributed by atoms with Gasteiger partial charge in [0.15, 0.2) is 0 Å². The second-order valence-electron chi connectivity index (χ2n) is 9.24. The van der Waals surface area contributed by atoms with Crippen LogP contribution in [0.3, 0.4) is 0 Å². The van der Waals surface area contributed by atoms with Crippen LogP contribution in [0.2, 0.25) is 6.04 Å². The Morgan fingerprint density at radius 2 is 1.26 bits per heavy atom. The van der Waals surface area contributed by atoms with E-state index in [9.17, 15) is 0 Å². The SMILES string of the molecule is CCC[Si]=[Hf+2].Cc1cc2c(C3CC3)cccc2[cH-]1.Cc1cc2c(C3CC3)cccc2[cH-]1. The Morgan fingerprint density at radius 1 is 0.806 bits per heavy atom. The van der Waals surface area contributed by atoms with Gasteiger partial charge in [-0.1, -0.05) is 37.1 Å². The molecule has 2 heteroatoms. The molecule has 0 atom stereocenters. The van der Waals surface area contributed by atoms with Crippen LogP contribution in [-0.4, -0.2) is 6.22 Å². The Bertz CT molecular complexity index is 1070. The summed E-state index contributed by atoms with van der Waals surface area (Å²) in [6, 6.07) is 24.1. The monoisotopic (exact) mass is 589 g/mol. The molecule has 0 amide bonds. The third-order valence-corrected chi connectivity index (χ3v) is 9.71. The van der Waals surface area contributed by atoms with Gasteiger partial charge in [-0.25, -0.2) is 0 Å². The number of hydrogen-bond donors (Lipinski definition) is 0. The molecule has 31 heavy (non-hydrogen) atoms. The average molecular weight is 588 g/mol. The quantitative estimate of drug-likeness (QED) is 0.166. The van der Waals surface area contributed by atoms with E-state index in [-0.39, 0.29) is 0 Å². The van der Waals surface area contributed by atoms with Gasteiger partial charge in [-0.15, -0.1) is 69.1 Å². The second-order valence-corrected chi connectivity index (χ2v) is 13.9. The van der Waals surface area contributed by atoms with Crippen molar-refractivity contribution in [2.75, 3.05) is 0 Å². The zero-order valence-electron chi connectivity index (χ0n) is 19.2. The fraction of sp³-hybridized carbons (Fsp3) is 0.379. The molecule has 2 aliphatic rings. The van der Waals surface area contributed by atoms with E-state index >= 15 is 0 Å². The summed E-state index contributed by atoms with van der Waals surface area (Å²) in [6.07, 6.45) is 8.26. The van der Waals surface area contributed by atoms with Crippen LogP contribution in [0.5, 0.6) is 0 Å². The summed E-state index contributed by atoms with van der Waals surface area (Å²) in [5.74, 6) is 1.73. The van der Waals surface area contributed by atoms with E-state index < -0.39 is 0 Å². The maximum absolute atomic E-state index is 2.32. The normalized spacial score (nSPS) is 15.3. The molecule has 0 bridgehead atoms. The molecular weight excluding hydrogens is 555 g/mol. The van der Waals surface area contributed by atoms with Crippen molar-refractivity contribution in [3.63, 3.8) is 0 Å². The first kappa shape index (κ1) is 22.9. The van der Waals surface area contributed by atoms with Crippen molar-refractivity contribution in [1.29, 1.82) is 0 Å². The fourth-order valence-corrected chi connectivity index (χ4v) is 7.39. The third-order valence-electron chi connectivity index (χ3n) is 6.27. The molecule has 0 heterocycles. The molecule has 2 saturated carbocycles.